The maximum Gasteiger partial charge on any atom is 0.252 e. The van der Waals surface area contributed by atoms with E-state index >= 15 is 0 Å². The summed E-state index contributed by atoms with van der Waals surface area (Å²) in [7, 11) is 0. The number of thiocarbonyl (C=S) groups is 1. The largest absolute Gasteiger partial charge is 0.391 e. The monoisotopic (exact) mass is 388 g/mol. The average Bonchev–Trinajstić information content (AvgIpc) is 2.40. The van der Waals surface area contributed by atoms with Crippen LogP contribution in [0.1, 0.15) is 43.0 Å². The van der Waals surface area contributed by atoms with Crippen LogP contribution < -0.4 is 11.1 Å². The zero-order chi connectivity index (χ0) is 15.6. The van der Waals surface area contributed by atoms with Crippen molar-refractivity contribution in [3.63, 3.8) is 0 Å². The van der Waals surface area contributed by atoms with Gasteiger partial charge < -0.3 is 11.1 Å². The minimum Gasteiger partial charge on any atom is -0.391 e. The van der Waals surface area contributed by atoms with E-state index in [4.69, 9.17) is 29.6 Å². The molecule has 0 aliphatic heterocycles. The van der Waals surface area contributed by atoms with Crippen molar-refractivity contribution in [2.45, 2.75) is 38.1 Å². The topological polar surface area (TPSA) is 55.1 Å². The summed E-state index contributed by atoms with van der Waals surface area (Å²) in [6.07, 6.45) is 3.60. The number of halogens is 2. The first-order valence-corrected chi connectivity index (χ1v) is 8.49. The molecule has 1 aromatic rings. The van der Waals surface area contributed by atoms with Crippen molar-refractivity contribution < 1.29 is 4.79 Å². The Balaban J connectivity index is 2.21. The fourth-order valence-electron chi connectivity index (χ4n) is 2.66. The van der Waals surface area contributed by atoms with Crippen LogP contribution in [0.3, 0.4) is 0 Å². The summed E-state index contributed by atoms with van der Waals surface area (Å²) in [4.78, 5) is 12.9. The third kappa shape index (κ3) is 3.96. The summed E-state index contributed by atoms with van der Waals surface area (Å²) >= 11 is 14.5. The Kier molecular flexibility index (Phi) is 5.28. The van der Waals surface area contributed by atoms with E-state index in [1.807, 2.05) is 0 Å². The highest BCUT2D eigenvalue weighted by Crippen LogP contribution is 2.32. The molecule has 0 unspecified atom stereocenters. The lowest BCUT2D eigenvalue weighted by Gasteiger charge is -2.39. The number of nitrogens with two attached hydrogens (primary N) is 1. The molecule has 2 rings (SSSR count). The SMILES string of the molecule is CC1CCC(NC(=O)c2cc(Cl)cc(Br)c2)(C(N)=S)CC1. The normalized spacial score (nSPS) is 25.4. The van der Waals surface area contributed by atoms with Gasteiger partial charge in [-0.2, -0.15) is 0 Å². The van der Waals surface area contributed by atoms with Gasteiger partial charge in [0.15, 0.2) is 0 Å². The summed E-state index contributed by atoms with van der Waals surface area (Å²) in [6, 6.07) is 5.12. The first kappa shape index (κ1) is 16.7. The third-order valence-electron chi connectivity index (χ3n) is 4.08. The molecule has 0 atom stereocenters. The molecular weight excluding hydrogens is 372 g/mol. The van der Waals surface area contributed by atoms with Crippen molar-refractivity contribution in [3.05, 3.63) is 33.3 Å². The molecule has 21 heavy (non-hydrogen) atoms. The number of carbonyl (C=O) groups is 1. The Hall–Kier alpha value is -0.650. The van der Waals surface area contributed by atoms with Gasteiger partial charge in [0.2, 0.25) is 0 Å². The predicted octanol–water partition coefficient (Wildman–Crippen LogP) is 4.07. The van der Waals surface area contributed by atoms with E-state index in [0.29, 0.717) is 21.5 Å². The summed E-state index contributed by atoms with van der Waals surface area (Å²) in [5.74, 6) is 0.449. The van der Waals surface area contributed by atoms with Crippen molar-refractivity contribution in [1.29, 1.82) is 0 Å². The van der Waals surface area contributed by atoms with Gasteiger partial charge in [-0.25, -0.2) is 0 Å². The zero-order valence-corrected chi connectivity index (χ0v) is 14.9. The second-order valence-corrected chi connectivity index (χ2v) is 7.53. The molecule has 1 fully saturated rings. The molecule has 114 valence electrons. The van der Waals surface area contributed by atoms with E-state index in [0.717, 1.165) is 30.2 Å². The van der Waals surface area contributed by atoms with Crippen LogP contribution in [0.5, 0.6) is 0 Å². The van der Waals surface area contributed by atoms with Crippen LogP contribution >= 0.6 is 39.7 Å². The van der Waals surface area contributed by atoms with Gasteiger partial charge in [-0.1, -0.05) is 46.7 Å². The van der Waals surface area contributed by atoms with Crippen LogP contribution in [0.15, 0.2) is 22.7 Å². The first-order chi connectivity index (χ1) is 9.82. The number of amides is 1. The van der Waals surface area contributed by atoms with Gasteiger partial charge in [-0.3, -0.25) is 4.79 Å². The molecule has 0 spiro atoms. The summed E-state index contributed by atoms with van der Waals surface area (Å²) in [6.45, 7) is 2.21. The lowest BCUT2D eigenvalue weighted by molar-refractivity contribution is 0.0900. The zero-order valence-electron chi connectivity index (χ0n) is 11.8. The Labute approximate surface area is 143 Å². The fraction of sp³-hybridized carbons (Fsp3) is 0.467. The number of rotatable bonds is 3. The van der Waals surface area contributed by atoms with Gasteiger partial charge in [0.05, 0.1) is 10.5 Å². The summed E-state index contributed by atoms with van der Waals surface area (Å²) < 4.78 is 0.766. The van der Waals surface area contributed by atoms with Crippen molar-refractivity contribution in [3.8, 4) is 0 Å². The van der Waals surface area contributed by atoms with Crippen LogP contribution in [0.4, 0.5) is 0 Å². The summed E-state index contributed by atoms with van der Waals surface area (Å²) in [5, 5.41) is 3.55. The van der Waals surface area contributed by atoms with Crippen molar-refractivity contribution >= 4 is 50.6 Å². The molecule has 6 heteroatoms. The lowest BCUT2D eigenvalue weighted by Crippen LogP contribution is -2.58. The molecule has 0 radical (unpaired) electrons. The van der Waals surface area contributed by atoms with Crippen molar-refractivity contribution in [2.24, 2.45) is 11.7 Å². The average molecular weight is 390 g/mol. The first-order valence-electron chi connectivity index (χ1n) is 6.91. The minimum absolute atomic E-state index is 0.194. The highest BCUT2D eigenvalue weighted by molar-refractivity contribution is 9.10. The number of benzene rings is 1. The van der Waals surface area contributed by atoms with Gasteiger partial charge in [0.1, 0.15) is 0 Å². The van der Waals surface area contributed by atoms with E-state index in [1.54, 1.807) is 18.2 Å². The summed E-state index contributed by atoms with van der Waals surface area (Å²) in [5.41, 5.74) is 5.84. The van der Waals surface area contributed by atoms with Crippen LogP contribution in [0, 0.1) is 5.92 Å². The molecule has 3 nitrogen and oxygen atoms in total. The maximum atomic E-state index is 12.5. The Bertz CT molecular complexity index is 551. The molecule has 1 amide bonds. The molecule has 0 heterocycles. The molecule has 0 saturated heterocycles. The number of nitrogens with one attached hydrogen (secondary N) is 1. The van der Waals surface area contributed by atoms with Gasteiger partial charge in [0, 0.05) is 15.1 Å². The van der Waals surface area contributed by atoms with Crippen LogP contribution in [-0.4, -0.2) is 16.4 Å². The van der Waals surface area contributed by atoms with Gasteiger partial charge in [0.25, 0.3) is 5.91 Å². The molecule has 3 N–H and O–H groups in total. The predicted molar refractivity (Wildman–Crippen MR) is 93.8 cm³/mol. The molecule has 0 aromatic heterocycles. The third-order valence-corrected chi connectivity index (χ3v) is 5.14. The van der Waals surface area contributed by atoms with E-state index in [-0.39, 0.29) is 5.91 Å². The Morgan fingerprint density at radius 1 is 1.43 bits per heavy atom. The van der Waals surface area contributed by atoms with Gasteiger partial charge >= 0.3 is 0 Å². The maximum absolute atomic E-state index is 12.5. The molecule has 0 bridgehead atoms. The van der Waals surface area contributed by atoms with Gasteiger partial charge in [-0.05, 0) is 49.8 Å². The van der Waals surface area contributed by atoms with Crippen LogP contribution in [-0.2, 0) is 0 Å². The number of hydrogen-bond acceptors (Lipinski definition) is 2. The van der Waals surface area contributed by atoms with Crippen molar-refractivity contribution in [1.82, 2.24) is 5.32 Å². The van der Waals surface area contributed by atoms with Gasteiger partial charge in [-0.15, -0.1) is 0 Å². The van der Waals surface area contributed by atoms with Crippen LogP contribution in [0.25, 0.3) is 0 Å². The van der Waals surface area contributed by atoms with E-state index in [2.05, 4.69) is 28.2 Å². The quantitative estimate of drug-likeness (QED) is 0.766. The molecule has 1 saturated carbocycles. The fourth-order valence-corrected chi connectivity index (χ4v) is 3.78. The van der Waals surface area contributed by atoms with E-state index in [9.17, 15) is 4.79 Å². The highest BCUT2D eigenvalue weighted by atomic mass is 79.9. The molecule has 1 aromatic carbocycles. The number of hydrogen-bond donors (Lipinski definition) is 2. The highest BCUT2D eigenvalue weighted by Gasteiger charge is 2.38. The Morgan fingerprint density at radius 2 is 2.05 bits per heavy atom. The molecule has 1 aliphatic carbocycles. The lowest BCUT2D eigenvalue weighted by atomic mass is 9.77. The Morgan fingerprint density at radius 3 is 2.57 bits per heavy atom. The van der Waals surface area contributed by atoms with E-state index < -0.39 is 5.54 Å². The smallest absolute Gasteiger partial charge is 0.252 e. The number of carbonyl (C=O) groups excluding carboxylic acids is 1. The minimum atomic E-state index is -0.576. The van der Waals surface area contributed by atoms with Crippen molar-refractivity contribution in [2.75, 3.05) is 0 Å². The molecular formula is C15H18BrClN2OS. The van der Waals surface area contributed by atoms with Crippen LogP contribution in [0.2, 0.25) is 5.02 Å². The molecule has 1 aliphatic rings. The standard InChI is InChI=1S/C15H18BrClN2OS/c1-9-2-4-15(5-3-9,14(18)21)19-13(20)10-6-11(16)8-12(17)7-10/h6-9H,2-5H2,1H3,(H2,18,21)(H,19,20). The second-order valence-electron chi connectivity index (χ2n) is 5.74. The van der Waals surface area contributed by atoms with E-state index in [1.165, 1.54) is 0 Å². The second kappa shape index (κ2) is 6.63.